The van der Waals surface area contributed by atoms with Crippen LogP contribution in [0.15, 0.2) is 0 Å². The minimum Gasteiger partial charge on any atom is -0.198 e. The fraction of sp³-hybridized carbons (Fsp3) is 0.917. The van der Waals surface area contributed by atoms with Crippen LogP contribution in [0.2, 0.25) is 0 Å². The van der Waals surface area contributed by atoms with Crippen LogP contribution in [0.3, 0.4) is 0 Å². The van der Waals surface area contributed by atoms with E-state index in [1.807, 2.05) is 0 Å². The van der Waals surface area contributed by atoms with Crippen LogP contribution in [0.4, 0.5) is 0 Å². The standard InChI is InChI=1S/C12H21N/c1-4-10-5-11(8-13)7-12(6-10)9(2)3/h9-12H,4-7H2,1-3H3. The summed E-state index contributed by atoms with van der Waals surface area (Å²) in [6.45, 7) is 6.83. The number of nitrogens with zero attached hydrogens (tertiary/aromatic N) is 1. The van der Waals surface area contributed by atoms with Crippen molar-refractivity contribution in [2.45, 2.75) is 46.5 Å². The van der Waals surface area contributed by atoms with E-state index in [4.69, 9.17) is 5.26 Å². The molecule has 0 aliphatic heterocycles. The number of hydrogen-bond acceptors (Lipinski definition) is 1. The van der Waals surface area contributed by atoms with Crippen molar-refractivity contribution in [1.29, 1.82) is 5.26 Å². The third-order valence-corrected chi connectivity index (χ3v) is 3.54. The zero-order valence-electron chi connectivity index (χ0n) is 9.09. The van der Waals surface area contributed by atoms with E-state index in [1.165, 1.54) is 12.8 Å². The molecule has 0 spiro atoms. The number of nitriles is 1. The van der Waals surface area contributed by atoms with Gasteiger partial charge in [0, 0.05) is 5.92 Å². The summed E-state index contributed by atoms with van der Waals surface area (Å²) in [5.74, 6) is 2.70. The SMILES string of the molecule is CCC1CC(C#N)CC(C(C)C)C1. The third-order valence-electron chi connectivity index (χ3n) is 3.54. The van der Waals surface area contributed by atoms with Crippen molar-refractivity contribution in [3.63, 3.8) is 0 Å². The predicted octanol–water partition coefficient (Wildman–Crippen LogP) is 3.61. The van der Waals surface area contributed by atoms with Crippen LogP contribution in [-0.4, -0.2) is 0 Å². The number of hydrogen-bond donors (Lipinski definition) is 0. The average Bonchev–Trinajstić information content (AvgIpc) is 2.16. The van der Waals surface area contributed by atoms with Crippen molar-refractivity contribution in [3.05, 3.63) is 0 Å². The van der Waals surface area contributed by atoms with Gasteiger partial charge in [-0.1, -0.05) is 27.2 Å². The van der Waals surface area contributed by atoms with E-state index in [2.05, 4.69) is 26.8 Å². The van der Waals surface area contributed by atoms with Gasteiger partial charge >= 0.3 is 0 Å². The molecule has 1 heteroatoms. The molecule has 0 saturated heterocycles. The Bertz CT molecular complexity index is 190. The largest absolute Gasteiger partial charge is 0.198 e. The highest BCUT2D eigenvalue weighted by molar-refractivity contribution is 4.91. The van der Waals surface area contributed by atoms with Crippen molar-refractivity contribution >= 4 is 0 Å². The Hall–Kier alpha value is -0.510. The zero-order valence-corrected chi connectivity index (χ0v) is 9.09. The summed E-state index contributed by atoms with van der Waals surface area (Å²) in [5.41, 5.74) is 0. The second kappa shape index (κ2) is 4.65. The van der Waals surface area contributed by atoms with E-state index >= 15 is 0 Å². The van der Waals surface area contributed by atoms with Crippen molar-refractivity contribution in [1.82, 2.24) is 0 Å². The van der Waals surface area contributed by atoms with Gasteiger partial charge in [0.05, 0.1) is 6.07 Å². The lowest BCUT2D eigenvalue weighted by Crippen LogP contribution is -2.25. The normalized spacial score (nSPS) is 34.5. The Labute approximate surface area is 82.1 Å². The van der Waals surface area contributed by atoms with Crippen LogP contribution in [0.25, 0.3) is 0 Å². The summed E-state index contributed by atoms with van der Waals surface area (Å²) in [6.07, 6.45) is 4.90. The molecule has 1 nitrogen and oxygen atoms in total. The van der Waals surface area contributed by atoms with Crippen LogP contribution in [-0.2, 0) is 0 Å². The molecule has 3 unspecified atom stereocenters. The third kappa shape index (κ3) is 2.72. The molecule has 3 atom stereocenters. The lowest BCUT2D eigenvalue weighted by atomic mass is 9.71. The first-order valence-electron chi connectivity index (χ1n) is 5.57. The Kier molecular flexibility index (Phi) is 3.78. The molecule has 1 rings (SSSR count). The first-order valence-corrected chi connectivity index (χ1v) is 5.57. The molecule has 1 aliphatic carbocycles. The maximum atomic E-state index is 8.95. The van der Waals surface area contributed by atoms with Crippen molar-refractivity contribution in [3.8, 4) is 6.07 Å². The minimum absolute atomic E-state index is 0.339. The smallest absolute Gasteiger partial charge is 0.0655 e. The quantitative estimate of drug-likeness (QED) is 0.635. The Balaban J connectivity index is 2.55. The summed E-state index contributed by atoms with van der Waals surface area (Å²) in [4.78, 5) is 0. The van der Waals surface area contributed by atoms with Crippen molar-refractivity contribution in [2.24, 2.45) is 23.7 Å². The molecular formula is C12H21N. The molecule has 0 radical (unpaired) electrons. The molecule has 1 aliphatic rings. The van der Waals surface area contributed by atoms with Gasteiger partial charge in [-0.15, -0.1) is 0 Å². The van der Waals surface area contributed by atoms with Gasteiger partial charge in [-0.2, -0.15) is 5.26 Å². The van der Waals surface area contributed by atoms with E-state index in [0.717, 1.165) is 30.6 Å². The second-order valence-corrected chi connectivity index (χ2v) is 4.81. The van der Waals surface area contributed by atoms with Crippen LogP contribution < -0.4 is 0 Å². The van der Waals surface area contributed by atoms with Crippen LogP contribution in [0.1, 0.15) is 46.5 Å². The molecule has 13 heavy (non-hydrogen) atoms. The fourth-order valence-corrected chi connectivity index (χ4v) is 2.47. The van der Waals surface area contributed by atoms with Crippen molar-refractivity contribution in [2.75, 3.05) is 0 Å². The topological polar surface area (TPSA) is 23.8 Å². The Morgan fingerprint density at radius 3 is 2.46 bits per heavy atom. The Morgan fingerprint density at radius 2 is 2.00 bits per heavy atom. The van der Waals surface area contributed by atoms with Crippen molar-refractivity contribution < 1.29 is 0 Å². The molecule has 0 aromatic heterocycles. The second-order valence-electron chi connectivity index (χ2n) is 4.81. The van der Waals surface area contributed by atoms with Gasteiger partial charge in [0.15, 0.2) is 0 Å². The van der Waals surface area contributed by atoms with Crippen LogP contribution in [0, 0.1) is 35.0 Å². The van der Waals surface area contributed by atoms with Crippen LogP contribution >= 0.6 is 0 Å². The zero-order chi connectivity index (χ0) is 9.84. The molecule has 0 bridgehead atoms. The highest BCUT2D eigenvalue weighted by atomic mass is 14.4. The molecule has 0 amide bonds. The summed E-state index contributed by atoms with van der Waals surface area (Å²) < 4.78 is 0. The van der Waals surface area contributed by atoms with Gasteiger partial charge in [0.2, 0.25) is 0 Å². The molecule has 74 valence electrons. The van der Waals surface area contributed by atoms with E-state index in [1.54, 1.807) is 0 Å². The molecule has 1 fully saturated rings. The van der Waals surface area contributed by atoms with E-state index in [9.17, 15) is 0 Å². The van der Waals surface area contributed by atoms with Gasteiger partial charge in [-0.25, -0.2) is 0 Å². The van der Waals surface area contributed by atoms with Crippen LogP contribution in [0.5, 0.6) is 0 Å². The summed E-state index contributed by atoms with van der Waals surface area (Å²) in [6, 6.07) is 2.45. The van der Waals surface area contributed by atoms with Gasteiger partial charge in [-0.3, -0.25) is 0 Å². The lowest BCUT2D eigenvalue weighted by molar-refractivity contribution is 0.180. The Morgan fingerprint density at radius 1 is 1.31 bits per heavy atom. The summed E-state index contributed by atoms with van der Waals surface area (Å²) in [5, 5.41) is 8.95. The predicted molar refractivity (Wildman–Crippen MR) is 55.1 cm³/mol. The molecule has 0 N–H and O–H groups in total. The van der Waals surface area contributed by atoms with Gasteiger partial charge in [-0.05, 0) is 37.0 Å². The van der Waals surface area contributed by atoms with E-state index in [-0.39, 0.29) is 0 Å². The molecule has 0 heterocycles. The maximum absolute atomic E-state index is 8.95. The molecule has 0 aromatic rings. The van der Waals surface area contributed by atoms with Gasteiger partial charge in [0.1, 0.15) is 0 Å². The molecule has 1 saturated carbocycles. The molecule has 0 aromatic carbocycles. The monoisotopic (exact) mass is 179 g/mol. The highest BCUT2D eigenvalue weighted by Gasteiger charge is 2.29. The summed E-state index contributed by atoms with van der Waals surface area (Å²) >= 11 is 0. The summed E-state index contributed by atoms with van der Waals surface area (Å²) in [7, 11) is 0. The lowest BCUT2D eigenvalue weighted by Gasteiger charge is -2.33. The minimum atomic E-state index is 0.339. The average molecular weight is 179 g/mol. The van der Waals surface area contributed by atoms with Gasteiger partial charge < -0.3 is 0 Å². The highest BCUT2D eigenvalue weighted by Crippen LogP contribution is 2.38. The van der Waals surface area contributed by atoms with E-state index < -0.39 is 0 Å². The molecular weight excluding hydrogens is 158 g/mol. The first kappa shape index (κ1) is 10.6. The first-order chi connectivity index (χ1) is 6.17. The van der Waals surface area contributed by atoms with E-state index in [0.29, 0.717) is 5.92 Å². The number of rotatable bonds is 2. The maximum Gasteiger partial charge on any atom is 0.0655 e. The van der Waals surface area contributed by atoms with Gasteiger partial charge in [0.25, 0.3) is 0 Å². The fourth-order valence-electron chi connectivity index (χ4n) is 2.47.